The Morgan fingerprint density at radius 1 is 0.842 bits per heavy atom. The third-order valence-electron chi connectivity index (χ3n) is 2.99. The molecular weight excluding hydrogens is 246 g/mol. The van der Waals surface area contributed by atoms with Crippen molar-refractivity contribution in [2.24, 2.45) is 0 Å². The lowest BCUT2D eigenvalue weighted by atomic mass is 10.2. The number of hydrogen-bond acceptors (Lipinski definition) is 5. The standard InChI is InChI=1S/C14H31NO4/c1-3-14(2)15(18-12-8-4-6-10-16)19-13-9-5-7-11-17/h14,16-17H,3-13H2,1-2H3. The highest BCUT2D eigenvalue weighted by atomic mass is 16.9. The average molecular weight is 277 g/mol. The second kappa shape index (κ2) is 14.2. The molecule has 0 radical (unpaired) electrons. The molecule has 1 atom stereocenters. The minimum atomic E-state index is 0.232. The van der Waals surface area contributed by atoms with Crippen molar-refractivity contribution >= 4 is 0 Å². The van der Waals surface area contributed by atoms with Gasteiger partial charge in [-0.15, -0.1) is 0 Å². The molecule has 0 fully saturated rings. The molecular formula is C14H31NO4. The van der Waals surface area contributed by atoms with Crippen LogP contribution in [0.25, 0.3) is 0 Å². The van der Waals surface area contributed by atoms with Crippen LogP contribution in [0.15, 0.2) is 0 Å². The van der Waals surface area contributed by atoms with Gasteiger partial charge in [-0.2, -0.15) is 0 Å². The molecule has 0 heterocycles. The molecule has 0 aromatic heterocycles. The molecule has 2 N–H and O–H groups in total. The molecule has 0 bridgehead atoms. The number of rotatable bonds is 14. The van der Waals surface area contributed by atoms with E-state index in [4.69, 9.17) is 19.9 Å². The molecule has 0 saturated carbocycles. The zero-order valence-corrected chi connectivity index (χ0v) is 12.5. The van der Waals surface area contributed by atoms with Gasteiger partial charge in [0, 0.05) is 13.2 Å². The monoisotopic (exact) mass is 277 g/mol. The summed E-state index contributed by atoms with van der Waals surface area (Å²) in [6.07, 6.45) is 6.43. The first-order valence-electron chi connectivity index (χ1n) is 7.53. The zero-order valence-electron chi connectivity index (χ0n) is 12.5. The fourth-order valence-corrected chi connectivity index (χ4v) is 1.53. The quantitative estimate of drug-likeness (QED) is 0.377. The van der Waals surface area contributed by atoms with Gasteiger partial charge in [0.15, 0.2) is 0 Å². The van der Waals surface area contributed by atoms with Crippen molar-refractivity contribution in [1.29, 1.82) is 0 Å². The Morgan fingerprint density at radius 3 is 1.68 bits per heavy atom. The van der Waals surface area contributed by atoms with Crippen molar-refractivity contribution in [3.8, 4) is 0 Å². The van der Waals surface area contributed by atoms with E-state index in [1.54, 1.807) is 5.23 Å². The van der Waals surface area contributed by atoms with E-state index in [1.807, 2.05) is 0 Å². The minimum Gasteiger partial charge on any atom is -0.396 e. The summed E-state index contributed by atoms with van der Waals surface area (Å²) in [5.41, 5.74) is 0. The maximum atomic E-state index is 8.69. The second-order valence-corrected chi connectivity index (χ2v) is 4.78. The van der Waals surface area contributed by atoms with Crippen LogP contribution in [0, 0.1) is 0 Å². The lowest BCUT2D eigenvalue weighted by Gasteiger charge is -2.26. The zero-order chi connectivity index (χ0) is 14.3. The van der Waals surface area contributed by atoms with Gasteiger partial charge in [0.2, 0.25) is 0 Å². The maximum absolute atomic E-state index is 8.69. The Hall–Kier alpha value is -0.200. The number of aliphatic hydroxyl groups is 2. The molecule has 0 aromatic rings. The number of nitrogens with zero attached hydrogens (tertiary/aromatic N) is 1. The lowest BCUT2D eigenvalue weighted by Crippen LogP contribution is -2.33. The molecule has 19 heavy (non-hydrogen) atoms. The molecule has 0 aromatic carbocycles. The van der Waals surface area contributed by atoms with E-state index in [9.17, 15) is 0 Å². The molecule has 0 spiro atoms. The van der Waals surface area contributed by atoms with Gasteiger partial charge in [-0.1, -0.05) is 12.2 Å². The number of aliphatic hydroxyl groups excluding tert-OH is 2. The van der Waals surface area contributed by atoms with E-state index in [2.05, 4.69) is 13.8 Å². The summed E-state index contributed by atoms with van der Waals surface area (Å²) in [6, 6.07) is 0.232. The van der Waals surface area contributed by atoms with Crippen molar-refractivity contribution in [1.82, 2.24) is 5.23 Å². The SMILES string of the molecule is CCC(C)N(OCCCCCO)OCCCCCO. The number of unbranched alkanes of at least 4 members (excludes halogenated alkanes) is 4. The first-order chi connectivity index (χ1) is 9.26. The van der Waals surface area contributed by atoms with E-state index in [0.717, 1.165) is 44.9 Å². The molecule has 116 valence electrons. The van der Waals surface area contributed by atoms with Crippen LogP contribution in [0.4, 0.5) is 0 Å². The highest BCUT2D eigenvalue weighted by Gasteiger charge is 2.13. The summed E-state index contributed by atoms with van der Waals surface area (Å²) in [7, 11) is 0. The van der Waals surface area contributed by atoms with Crippen LogP contribution in [0.1, 0.15) is 58.8 Å². The summed E-state index contributed by atoms with van der Waals surface area (Å²) < 4.78 is 0. The van der Waals surface area contributed by atoms with Crippen molar-refractivity contribution in [2.45, 2.75) is 64.8 Å². The van der Waals surface area contributed by atoms with Crippen LogP contribution in [-0.4, -0.2) is 47.9 Å². The Morgan fingerprint density at radius 2 is 1.32 bits per heavy atom. The van der Waals surface area contributed by atoms with Gasteiger partial charge in [0.25, 0.3) is 0 Å². The number of hydroxylamine groups is 2. The minimum absolute atomic E-state index is 0.232. The number of hydrogen-bond donors (Lipinski definition) is 2. The second-order valence-electron chi connectivity index (χ2n) is 4.78. The fraction of sp³-hybridized carbons (Fsp3) is 1.00. The van der Waals surface area contributed by atoms with Gasteiger partial charge < -0.3 is 10.2 Å². The van der Waals surface area contributed by atoms with E-state index >= 15 is 0 Å². The van der Waals surface area contributed by atoms with Gasteiger partial charge in [-0.3, -0.25) is 9.68 Å². The summed E-state index contributed by atoms with van der Waals surface area (Å²) in [5, 5.41) is 19.0. The summed E-state index contributed by atoms with van der Waals surface area (Å²) in [6.45, 7) is 5.91. The Balaban J connectivity index is 3.70. The van der Waals surface area contributed by atoms with Gasteiger partial charge >= 0.3 is 0 Å². The van der Waals surface area contributed by atoms with Gasteiger partial charge in [-0.05, 0) is 51.9 Å². The Bertz CT molecular complexity index is 167. The van der Waals surface area contributed by atoms with Crippen LogP contribution < -0.4 is 0 Å². The molecule has 0 amide bonds. The van der Waals surface area contributed by atoms with Gasteiger partial charge in [-0.25, -0.2) is 0 Å². The maximum Gasteiger partial charge on any atom is 0.0711 e. The largest absolute Gasteiger partial charge is 0.396 e. The van der Waals surface area contributed by atoms with Crippen molar-refractivity contribution in [3.63, 3.8) is 0 Å². The highest BCUT2D eigenvalue weighted by Crippen LogP contribution is 2.08. The predicted octanol–water partition coefficient (Wildman–Crippen LogP) is 2.28. The molecule has 0 aliphatic rings. The van der Waals surface area contributed by atoms with Crippen LogP contribution >= 0.6 is 0 Å². The van der Waals surface area contributed by atoms with Crippen LogP contribution in [0.2, 0.25) is 0 Å². The third-order valence-corrected chi connectivity index (χ3v) is 2.99. The molecule has 0 saturated heterocycles. The molecule has 0 aliphatic carbocycles. The predicted molar refractivity (Wildman–Crippen MR) is 75.4 cm³/mol. The van der Waals surface area contributed by atoms with Crippen molar-refractivity contribution in [3.05, 3.63) is 0 Å². The van der Waals surface area contributed by atoms with Crippen LogP contribution in [0.5, 0.6) is 0 Å². The fourth-order valence-electron chi connectivity index (χ4n) is 1.53. The Kier molecular flexibility index (Phi) is 14.1. The molecule has 1 unspecified atom stereocenters. The highest BCUT2D eigenvalue weighted by molar-refractivity contribution is 4.49. The van der Waals surface area contributed by atoms with Crippen molar-refractivity contribution < 1.29 is 19.9 Å². The van der Waals surface area contributed by atoms with Crippen LogP contribution in [0.3, 0.4) is 0 Å². The molecule has 0 aliphatic heterocycles. The summed E-state index contributed by atoms with van der Waals surface area (Å²) in [5.74, 6) is 0. The van der Waals surface area contributed by atoms with Gasteiger partial charge in [0.1, 0.15) is 0 Å². The topological polar surface area (TPSA) is 62.2 Å². The van der Waals surface area contributed by atoms with Crippen molar-refractivity contribution in [2.75, 3.05) is 26.4 Å². The van der Waals surface area contributed by atoms with Gasteiger partial charge in [0.05, 0.1) is 19.3 Å². The average Bonchev–Trinajstić information content (AvgIpc) is 2.43. The summed E-state index contributed by atoms with van der Waals surface area (Å²) >= 11 is 0. The van der Waals surface area contributed by atoms with E-state index in [1.165, 1.54) is 0 Å². The van der Waals surface area contributed by atoms with Crippen LogP contribution in [-0.2, 0) is 9.68 Å². The molecule has 5 nitrogen and oxygen atoms in total. The molecule has 0 rings (SSSR count). The molecule has 5 heteroatoms. The smallest absolute Gasteiger partial charge is 0.0711 e. The lowest BCUT2D eigenvalue weighted by molar-refractivity contribution is -0.386. The first kappa shape index (κ1) is 18.8. The van der Waals surface area contributed by atoms with E-state index in [0.29, 0.717) is 13.2 Å². The van der Waals surface area contributed by atoms with E-state index < -0.39 is 0 Å². The Labute approximate surface area is 117 Å². The third kappa shape index (κ3) is 11.3. The van der Waals surface area contributed by atoms with E-state index in [-0.39, 0.29) is 19.3 Å². The normalized spacial score (nSPS) is 13.1. The first-order valence-corrected chi connectivity index (χ1v) is 7.53. The summed E-state index contributed by atoms with van der Waals surface area (Å²) in [4.78, 5) is 11.3.